The van der Waals surface area contributed by atoms with Gasteiger partial charge < -0.3 is 21.1 Å². The van der Waals surface area contributed by atoms with Crippen LogP contribution in [-0.2, 0) is 18.4 Å². The second-order valence-corrected chi connectivity index (χ2v) is 12.1. The molecule has 0 aliphatic heterocycles. The summed E-state index contributed by atoms with van der Waals surface area (Å²) in [7, 11) is -4.33. The van der Waals surface area contributed by atoms with E-state index >= 15 is 0 Å². The number of nitrogens with one attached hydrogen (secondary N) is 1. The van der Waals surface area contributed by atoms with Gasteiger partial charge in [0.05, 0.1) is 25.4 Å². The van der Waals surface area contributed by atoms with Crippen molar-refractivity contribution >= 4 is 13.7 Å². The quantitative estimate of drug-likeness (QED) is 0.0394. The summed E-state index contributed by atoms with van der Waals surface area (Å²) in [5.74, 6) is -0.216. The highest BCUT2D eigenvalue weighted by molar-refractivity contribution is 7.47. The van der Waals surface area contributed by atoms with Gasteiger partial charge in [0.25, 0.3) is 0 Å². The Bertz CT molecular complexity index is 744. The van der Waals surface area contributed by atoms with Crippen molar-refractivity contribution in [2.24, 2.45) is 5.73 Å². The fourth-order valence-corrected chi connectivity index (χ4v) is 4.98. The van der Waals surface area contributed by atoms with Gasteiger partial charge in [-0.3, -0.25) is 13.8 Å². The molecule has 41 heavy (non-hydrogen) atoms. The van der Waals surface area contributed by atoms with Gasteiger partial charge in [-0.2, -0.15) is 0 Å². The molecule has 0 aromatic carbocycles. The molecule has 3 unspecified atom stereocenters. The van der Waals surface area contributed by atoms with E-state index in [1.54, 1.807) is 6.08 Å². The number of phosphoric ester groups is 1. The third-order valence-corrected chi connectivity index (χ3v) is 7.68. The van der Waals surface area contributed by atoms with Crippen molar-refractivity contribution in [1.82, 2.24) is 5.32 Å². The van der Waals surface area contributed by atoms with Crippen LogP contribution < -0.4 is 11.1 Å². The largest absolute Gasteiger partial charge is 0.472 e. The molecular weight excluding hydrogens is 539 g/mol. The Morgan fingerprint density at radius 1 is 0.780 bits per heavy atom. The number of carbonyl (C=O) groups excluding carboxylic acids is 1. The van der Waals surface area contributed by atoms with Crippen LogP contribution in [0.5, 0.6) is 0 Å². The van der Waals surface area contributed by atoms with Gasteiger partial charge in [-0.05, 0) is 44.9 Å². The highest BCUT2D eigenvalue weighted by Crippen LogP contribution is 2.43. The zero-order valence-corrected chi connectivity index (χ0v) is 26.9. The van der Waals surface area contributed by atoms with E-state index in [1.807, 2.05) is 6.08 Å². The maximum atomic E-state index is 12.6. The lowest BCUT2D eigenvalue weighted by atomic mass is 10.1. The van der Waals surface area contributed by atoms with Crippen LogP contribution in [0.1, 0.15) is 129 Å². The van der Waals surface area contributed by atoms with Crippen molar-refractivity contribution in [1.29, 1.82) is 0 Å². The van der Waals surface area contributed by atoms with Gasteiger partial charge in [0.1, 0.15) is 0 Å². The van der Waals surface area contributed by atoms with E-state index in [4.69, 9.17) is 14.8 Å². The summed E-state index contributed by atoms with van der Waals surface area (Å²) in [6.07, 6.45) is 30.5. The molecule has 0 aromatic heterocycles. The van der Waals surface area contributed by atoms with Crippen molar-refractivity contribution in [3.05, 3.63) is 36.5 Å². The average molecular weight is 601 g/mol. The summed E-state index contributed by atoms with van der Waals surface area (Å²) in [4.78, 5) is 22.4. The number of hydrogen-bond donors (Lipinski definition) is 4. The van der Waals surface area contributed by atoms with Crippen LogP contribution in [0.15, 0.2) is 36.5 Å². The topological polar surface area (TPSA) is 131 Å². The predicted molar refractivity (Wildman–Crippen MR) is 171 cm³/mol. The molecule has 0 rings (SSSR count). The van der Waals surface area contributed by atoms with Gasteiger partial charge in [-0.1, -0.05) is 115 Å². The van der Waals surface area contributed by atoms with Crippen LogP contribution in [-0.4, -0.2) is 47.8 Å². The Kier molecular flexibility index (Phi) is 27.9. The first-order chi connectivity index (χ1) is 19.9. The standard InChI is InChI=1S/C32H61N2O6P/c1-3-5-7-9-11-13-14-15-16-18-19-21-23-25-31(35)30(29-40-41(37,38)39-28-27-33)34-32(36)26-24-22-20-17-12-10-8-6-4-2/h11,13,16,18,23,25,30-31,35H,3-10,12,14-15,17,19-22,24,26-29,33H2,1-2H3,(H,34,36)(H,37,38)/b13-11+,18-16+,25-23+. The molecule has 0 fully saturated rings. The molecule has 0 spiro atoms. The first-order valence-corrected chi connectivity index (χ1v) is 17.6. The van der Waals surface area contributed by atoms with E-state index in [-0.39, 0.29) is 25.7 Å². The lowest BCUT2D eigenvalue weighted by Gasteiger charge is -2.23. The lowest BCUT2D eigenvalue weighted by Crippen LogP contribution is -2.45. The van der Waals surface area contributed by atoms with Crippen molar-refractivity contribution < 1.29 is 28.4 Å². The van der Waals surface area contributed by atoms with Gasteiger partial charge in [-0.15, -0.1) is 0 Å². The highest BCUT2D eigenvalue weighted by atomic mass is 31.2. The van der Waals surface area contributed by atoms with E-state index in [0.29, 0.717) is 6.42 Å². The monoisotopic (exact) mass is 600 g/mol. The first kappa shape index (κ1) is 39.7. The highest BCUT2D eigenvalue weighted by Gasteiger charge is 2.26. The zero-order valence-electron chi connectivity index (χ0n) is 26.0. The molecule has 240 valence electrons. The summed E-state index contributed by atoms with van der Waals surface area (Å²) in [5.41, 5.74) is 5.32. The number of aliphatic hydroxyl groups excluding tert-OH is 1. The molecule has 0 saturated heterocycles. The number of rotatable bonds is 29. The van der Waals surface area contributed by atoms with Gasteiger partial charge in [0.15, 0.2) is 0 Å². The number of nitrogens with two attached hydrogens (primary N) is 1. The predicted octanol–water partition coefficient (Wildman–Crippen LogP) is 7.65. The number of allylic oxidation sites excluding steroid dienone is 5. The fourth-order valence-electron chi connectivity index (χ4n) is 4.22. The third kappa shape index (κ3) is 27.3. The van der Waals surface area contributed by atoms with Crippen LogP contribution in [0.25, 0.3) is 0 Å². The van der Waals surface area contributed by atoms with E-state index in [9.17, 15) is 19.4 Å². The summed E-state index contributed by atoms with van der Waals surface area (Å²) in [6.45, 7) is 4.01. The average Bonchev–Trinajstić information content (AvgIpc) is 2.95. The summed E-state index contributed by atoms with van der Waals surface area (Å²) >= 11 is 0. The van der Waals surface area contributed by atoms with E-state index in [2.05, 4.69) is 43.5 Å². The van der Waals surface area contributed by atoms with Gasteiger partial charge >= 0.3 is 7.82 Å². The molecular formula is C32H61N2O6P. The number of carbonyl (C=O) groups is 1. The van der Waals surface area contributed by atoms with Crippen LogP contribution in [0.4, 0.5) is 0 Å². The molecule has 8 nitrogen and oxygen atoms in total. The molecule has 3 atom stereocenters. The number of amides is 1. The molecule has 0 saturated carbocycles. The van der Waals surface area contributed by atoms with Crippen LogP contribution in [0, 0.1) is 0 Å². The number of aliphatic hydroxyl groups is 1. The minimum absolute atomic E-state index is 0.0718. The zero-order chi connectivity index (χ0) is 30.4. The maximum Gasteiger partial charge on any atom is 0.472 e. The minimum Gasteiger partial charge on any atom is -0.387 e. The Morgan fingerprint density at radius 2 is 1.29 bits per heavy atom. The van der Waals surface area contributed by atoms with Crippen LogP contribution in [0.2, 0.25) is 0 Å². The Hall–Kier alpha value is -1.28. The van der Waals surface area contributed by atoms with Crippen molar-refractivity contribution in [3.63, 3.8) is 0 Å². The molecule has 0 aromatic rings. The first-order valence-electron chi connectivity index (χ1n) is 16.1. The van der Waals surface area contributed by atoms with Crippen molar-refractivity contribution in [2.75, 3.05) is 19.8 Å². The minimum atomic E-state index is -4.33. The van der Waals surface area contributed by atoms with Crippen molar-refractivity contribution in [2.45, 2.75) is 142 Å². The number of phosphoric acid groups is 1. The van der Waals surface area contributed by atoms with E-state index < -0.39 is 20.0 Å². The van der Waals surface area contributed by atoms with E-state index in [1.165, 1.54) is 57.8 Å². The van der Waals surface area contributed by atoms with Crippen LogP contribution in [0.3, 0.4) is 0 Å². The van der Waals surface area contributed by atoms with Gasteiger partial charge in [0.2, 0.25) is 5.91 Å². The Morgan fingerprint density at radius 3 is 1.88 bits per heavy atom. The molecule has 1 amide bonds. The fraction of sp³-hybridized carbons (Fsp3) is 0.781. The third-order valence-electron chi connectivity index (χ3n) is 6.70. The lowest BCUT2D eigenvalue weighted by molar-refractivity contribution is -0.123. The molecule has 0 aliphatic rings. The van der Waals surface area contributed by atoms with E-state index in [0.717, 1.165) is 51.4 Å². The SMILES string of the molecule is CCCCC/C=C/CC/C=C/CC/C=C/C(O)C(COP(=O)(O)OCCN)NC(=O)CCCCCCCCCCC. The molecule has 0 aliphatic carbocycles. The molecule has 5 N–H and O–H groups in total. The Balaban J connectivity index is 4.53. The van der Waals surface area contributed by atoms with Crippen LogP contribution >= 0.6 is 7.82 Å². The summed E-state index contributed by atoms with van der Waals surface area (Å²) in [5, 5.41) is 13.5. The molecule has 0 heterocycles. The maximum absolute atomic E-state index is 12.6. The summed E-state index contributed by atoms with van der Waals surface area (Å²) < 4.78 is 21.9. The molecule has 0 radical (unpaired) electrons. The normalized spacial score (nSPS) is 15.1. The Labute approximate surface area is 250 Å². The van der Waals surface area contributed by atoms with Crippen molar-refractivity contribution in [3.8, 4) is 0 Å². The second-order valence-electron chi connectivity index (χ2n) is 10.7. The smallest absolute Gasteiger partial charge is 0.387 e. The van der Waals surface area contributed by atoms with Gasteiger partial charge in [-0.25, -0.2) is 4.57 Å². The number of hydrogen-bond acceptors (Lipinski definition) is 6. The molecule has 0 bridgehead atoms. The number of unbranched alkanes of at least 4 members (excludes halogenated alkanes) is 13. The summed E-state index contributed by atoms with van der Waals surface area (Å²) in [6, 6.07) is -0.876. The second kappa shape index (κ2) is 28.8. The molecule has 9 heteroatoms. The van der Waals surface area contributed by atoms with Gasteiger partial charge in [0, 0.05) is 13.0 Å².